The van der Waals surface area contributed by atoms with E-state index in [1.165, 1.54) is 47.7 Å². The van der Waals surface area contributed by atoms with Gasteiger partial charge in [-0.1, -0.05) is 0 Å². The summed E-state index contributed by atoms with van der Waals surface area (Å²) in [5.74, 6) is 0.255. The van der Waals surface area contributed by atoms with Crippen molar-refractivity contribution in [3.8, 4) is 28.7 Å². The van der Waals surface area contributed by atoms with Crippen LogP contribution in [0.3, 0.4) is 0 Å². The standard InChI is InChI=1S/C19H22N2O7/c1-24-13-7-6-11(8-14(13)25-2)20-18(22)19(23)21-12-9-15(26-3)17(28-5)16(10-12)27-4/h6-10H,1-5H3,(H,20,22)(H,21,23). The first-order chi connectivity index (χ1) is 13.5. The molecule has 0 aliphatic carbocycles. The fraction of sp³-hybridized carbons (Fsp3) is 0.263. The molecule has 9 heteroatoms. The Labute approximate surface area is 162 Å². The Morgan fingerprint density at radius 1 is 0.607 bits per heavy atom. The van der Waals surface area contributed by atoms with Gasteiger partial charge in [0.1, 0.15) is 0 Å². The maximum atomic E-state index is 12.3. The van der Waals surface area contributed by atoms with Crippen molar-refractivity contribution in [2.24, 2.45) is 0 Å². The van der Waals surface area contributed by atoms with Crippen molar-refractivity contribution < 1.29 is 33.3 Å². The minimum Gasteiger partial charge on any atom is -0.493 e. The minimum absolute atomic E-state index is 0.307. The molecule has 0 bridgehead atoms. The first-order valence-electron chi connectivity index (χ1n) is 8.11. The molecule has 0 aliphatic heterocycles. The quantitative estimate of drug-likeness (QED) is 0.699. The van der Waals surface area contributed by atoms with Gasteiger partial charge in [0.15, 0.2) is 23.0 Å². The molecule has 2 N–H and O–H groups in total. The number of rotatable bonds is 7. The minimum atomic E-state index is -0.871. The average Bonchev–Trinajstić information content (AvgIpc) is 2.72. The predicted molar refractivity (Wildman–Crippen MR) is 103 cm³/mol. The van der Waals surface area contributed by atoms with Gasteiger partial charge in [0.2, 0.25) is 5.75 Å². The summed E-state index contributed by atoms with van der Waals surface area (Å²) in [7, 11) is 7.34. The van der Waals surface area contributed by atoms with Crippen molar-refractivity contribution in [2.45, 2.75) is 0 Å². The summed E-state index contributed by atoms with van der Waals surface area (Å²) in [6, 6.07) is 7.78. The fourth-order valence-corrected chi connectivity index (χ4v) is 2.44. The Morgan fingerprint density at radius 3 is 1.54 bits per heavy atom. The molecule has 2 aromatic carbocycles. The highest BCUT2D eigenvalue weighted by Crippen LogP contribution is 2.39. The lowest BCUT2D eigenvalue weighted by atomic mass is 10.2. The van der Waals surface area contributed by atoms with Crippen molar-refractivity contribution in [3.05, 3.63) is 30.3 Å². The molecule has 0 atom stereocenters. The third kappa shape index (κ3) is 4.56. The molecular formula is C19H22N2O7. The lowest BCUT2D eigenvalue weighted by Gasteiger charge is -2.14. The molecule has 0 fully saturated rings. The van der Waals surface area contributed by atoms with Crippen LogP contribution in [-0.4, -0.2) is 47.4 Å². The van der Waals surface area contributed by atoms with Crippen LogP contribution in [-0.2, 0) is 9.59 Å². The smallest absolute Gasteiger partial charge is 0.314 e. The van der Waals surface area contributed by atoms with Gasteiger partial charge in [0.25, 0.3) is 0 Å². The summed E-state index contributed by atoms with van der Waals surface area (Å²) in [6.45, 7) is 0. The van der Waals surface area contributed by atoms with E-state index in [4.69, 9.17) is 23.7 Å². The van der Waals surface area contributed by atoms with Gasteiger partial charge in [-0.15, -0.1) is 0 Å². The molecule has 2 amide bonds. The molecule has 0 spiro atoms. The maximum Gasteiger partial charge on any atom is 0.314 e. The Balaban J connectivity index is 2.15. The van der Waals surface area contributed by atoms with Crippen LogP contribution in [0.15, 0.2) is 30.3 Å². The van der Waals surface area contributed by atoms with E-state index in [-0.39, 0.29) is 0 Å². The molecule has 0 radical (unpaired) electrons. The van der Waals surface area contributed by atoms with E-state index in [0.717, 1.165) is 0 Å². The van der Waals surface area contributed by atoms with Gasteiger partial charge in [-0.05, 0) is 12.1 Å². The molecule has 28 heavy (non-hydrogen) atoms. The van der Waals surface area contributed by atoms with E-state index in [9.17, 15) is 9.59 Å². The largest absolute Gasteiger partial charge is 0.493 e. The van der Waals surface area contributed by atoms with E-state index in [0.29, 0.717) is 40.1 Å². The SMILES string of the molecule is COc1ccc(NC(=O)C(=O)Nc2cc(OC)c(OC)c(OC)c2)cc1OC. The molecule has 9 nitrogen and oxygen atoms in total. The zero-order valence-electron chi connectivity index (χ0n) is 16.2. The van der Waals surface area contributed by atoms with Gasteiger partial charge in [-0.3, -0.25) is 9.59 Å². The van der Waals surface area contributed by atoms with Crippen LogP contribution in [0.2, 0.25) is 0 Å². The first kappa shape index (κ1) is 20.7. The Kier molecular flexibility index (Phi) is 6.91. The number of amides is 2. The van der Waals surface area contributed by atoms with Crippen LogP contribution >= 0.6 is 0 Å². The van der Waals surface area contributed by atoms with E-state index in [1.54, 1.807) is 18.2 Å². The number of ether oxygens (including phenoxy) is 5. The second-order valence-electron chi connectivity index (χ2n) is 5.39. The second-order valence-corrected chi connectivity index (χ2v) is 5.39. The maximum absolute atomic E-state index is 12.3. The zero-order chi connectivity index (χ0) is 20.7. The van der Waals surface area contributed by atoms with Gasteiger partial charge in [0.05, 0.1) is 35.5 Å². The highest BCUT2D eigenvalue weighted by Gasteiger charge is 2.18. The van der Waals surface area contributed by atoms with E-state index >= 15 is 0 Å². The molecular weight excluding hydrogens is 368 g/mol. The van der Waals surface area contributed by atoms with Gasteiger partial charge < -0.3 is 34.3 Å². The van der Waals surface area contributed by atoms with Crippen molar-refractivity contribution >= 4 is 23.2 Å². The monoisotopic (exact) mass is 390 g/mol. The molecule has 2 rings (SSSR count). The van der Waals surface area contributed by atoms with Crippen LogP contribution < -0.4 is 34.3 Å². The molecule has 0 heterocycles. The van der Waals surface area contributed by atoms with Crippen LogP contribution in [0.25, 0.3) is 0 Å². The third-order valence-electron chi connectivity index (χ3n) is 3.77. The van der Waals surface area contributed by atoms with Crippen molar-refractivity contribution in [1.29, 1.82) is 0 Å². The topological polar surface area (TPSA) is 104 Å². The summed E-state index contributed by atoms with van der Waals surface area (Å²) in [5, 5.41) is 4.99. The van der Waals surface area contributed by atoms with Gasteiger partial charge >= 0.3 is 11.8 Å². The Bertz CT molecular complexity index is 842. The number of nitrogens with one attached hydrogen (secondary N) is 2. The predicted octanol–water partition coefficient (Wildman–Crippen LogP) is 2.31. The first-order valence-corrected chi connectivity index (χ1v) is 8.11. The van der Waals surface area contributed by atoms with Crippen LogP contribution in [0.1, 0.15) is 0 Å². The van der Waals surface area contributed by atoms with Gasteiger partial charge in [-0.25, -0.2) is 0 Å². The summed E-state index contributed by atoms with van der Waals surface area (Å²) >= 11 is 0. The van der Waals surface area contributed by atoms with Crippen molar-refractivity contribution in [1.82, 2.24) is 0 Å². The Hall–Kier alpha value is -3.62. The second kappa shape index (κ2) is 9.36. The number of anilines is 2. The van der Waals surface area contributed by atoms with Gasteiger partial charge in [0, 0.05) is 29.6 Å². The molecule has 2 aromatic rings. The van der Waals surface area contributed by atoms with Crippen molar-refractivity contribution in [3.63, 3.8) is 0 Å². The summed E-state index contributed by atoms with van der Waals surface area (Å²) < 4.78 is 26.0. The van der Waals surface area contributed by atoms with E-state index < -0.39 is 11.8 Å². The normalized spacial score (nSPS) is 9.89. The highest BCUT2D eigenvalue weighted by atomic mass is 16.5. The van der Waals surface area contributed by atoms with Crippen LogP contribution in [0.4, 0.5) is 11.4 Å². The van der Waals surface area contributed by atoms with Crippen molar-refractivity contribution in [2.75, 3.05) is 46.2 Å². The van der Waals surface area contributed by atoms with E-state index in [1.807, 2.05) is 0 Å². The molecule has 0 aliphatic rings. The van der Waals surface area contributed by atoms with Crippen LogP contribution in [0.5, 0.6) is 28.7 Å². The third-order valence-corrected chi connectivity index (χ3v) is 3.77. The molecule has 0 saturated carbocycles. The lowest BCUT2D eigenvalue weighted by molar-refractivity contribution is -0.133. The fourth-order valence-electron chi connectivity index (χ4n) is 2.44. The lowest BCUT2D eigenvalue weighted by Crippen LogP contribution is -2.29. The molecule has 0 aromatic heterocycles. The van der Waals surface area contributed by atoms with E-state index in [2.05, 4.69) is 10.6 Å². The number of carbonyl (C=O) groups is 2. The highest BCUT2D eigenvalue weighted by molar-refractivity contribution is 6.43. The number of methoxy groups -OCH3 is 5. The number of hydrogen-bond acceptors (Lipinski definition) is 7. The van der Waals surface area contributed by atoms with Crippen LogP contribution in [0, 0.1) is 0 Å². The molecule has 0 saturated heterocycles. The average molecular weight is 390 g/mol. The summed E-state index contributed by atoms with van der Waals surface area (Å²) in [5.41, 5.74) is 0.685. The number of carbonyl (C=O) groups excluding carboxylic acids is 2. The molecule has 0 unspecified atom stereocenters. The Morgan fingerprint density at radius 2 is 1.07 bits per heavy atom. The number of benzene rings is 2. The van der Waals surface area contributed by atoms with Gasteiger partial charge in [-0.2, -0.15) is 0 Å². The summed E-state index contributed by atoms with van der Waals surface area (Å²) in [4.78, 5) is 24.5. The summed E-state index contributed by atoms with van der Waals surface area (Å²) in [6.07, 6.45) is 0. The molecule has 150 valence electrons. The zero-order valence-corrected chi connectivity index (χ0v) is 16.2. The number of hydrogen-bond donors (Lipinski definition) is 2.